The third-order valence-electron chi connectivity index (χ3n) is 2.78. The molecule has 0 fully saturated rings. The van der Waals surface area contributed by atoms with Crippen LogP contribution in [0.2, 0.25) is 0 Å². The van der Waals surface area contributed by atoms with Crippen molar-refractivity contribution in [3.63, 3.8) is 0 Å². The van der Waals surface area contributed by atoms with Crippen molar-refractivity contribution in [3.8, 4) is 5.88 Å². The summed E-state index contributed by atoms with van der Waals surface area (Å²) in [6.45, 7) is 3.23. The van der Waals surface area contributed by atoms with Crippen LogP contribution in [0.4, 0.5) is 0 Å². The fourth-order valence-electron chi connectivity index (χ4n) is 1.66. The van der Waals surface area contributed by atoms with E-state index in [-0.39, 0.29) is 0 Å². The van der Waals surface area contributed by atoms with Crippen LogP contribution in [-0.2, 0) is 13.0 Å². The Morgan fingerprint density at radius 1 is 1.06 bits per heavy atom. The largest absolute Gasteiger partial charge is 0.477 e. The molecule has 0 aliphatic heterocycles. The molecular formula is C15H18N2O. The van der Waals surface area contributed by atoms with Crippen molar-refractivity contribution >= 4 is 0 Å². The first-order valence-corrected chi connectivity index (χ1v) is 6.11. The summed E-state index contributed by atoms with van der Waals surface area (Å²) < 4.78 is 5.59. The van der Waals surface area contributed by atoms with Gasteiger partial charge in [-0.3, -0.25) is 0 Å². The summed E-state index contributed by atoms with van der Waals surface area (Å²) in [6, 6.07) is 12.2. The molecule has 0 radical (unpaired) electrons. The number of nitrogens with two attached hydrogens (primary N) is 1. The number of benzene rings is 1. The molecule has 0 bridgehead atoms. The Bertz CT molecular complexity index is 477. The number of hydrogen-bond donors (Lipinski definition) is 1. The SMILES string of the molecule is Cc1ccc(OCCc2ccc(CN)cc2)nc1. The van der Waals surface area contributed by atoms with Crippen LogP contribution in [0.25, 0.3) is 0 Å². The van der Waals surface area contributed by atoms with Crippen molar-refractivity contribution < 1.29 is 4.74 Å². The lowest BCUT2D eigenvalue weighted by Crippen LogP contribution is -2.03. The predicted molar refractivity (Wildman–Crippen MR) is 72.5 cm³/mol. The van der Waals surface area contributed by atoms with Crippen molar-refractivity contribution in [2.24, 2.45) is 5.73 Å². The molecular weight excluding hydrogens is 224 g/mol. The highest BCUT2D eigenvalue weighted by molar-refractivity contribution is 5.22. The lowest BCUT2D eigenvalue weighted by atomic mass is 10.1. The molecule has 1 aromatic heterocycles. The Balaban J connectivity index is 1.82. The normalized spacial score (nSPS) is 10.3. The van der Waals surface area contributed by atoms with Crippen molar-refractivity contribution in [3.05, 3.63) is 59.3 Å². The molecule has 3 heteroatoms. The zero-order valence-corrected chi connectivity index (χ0v) is 10.6. The predicted octanol–water partition coefficient (Wildman–Crippen LogP) is 2.47. The molecule has 0 unspecified atom stereocenters. The van der Waals surface area contributed by atoms with Crippen LogP contribution in [0.15, 0.2) is 42.6 Å². The van der Waals surface area contributed by atoms with Crippen LogP contribution in [0.1, 0.15) is 16.7 Å². The van der Waals surface area contributed by atoms with Crippen LogP contribution in [0.3, 0.4) is 0 Å². The topological polar surface area (TPSA) is 48.1 Å². The second-order valence-electron chi connectivity index (χ2n) is 4.29. The summed E-state index contributed by atoms with van der Waals surface area (Å²) in [5, 5.41) is 0. The van der Waals surface area contributed by atoms with E-state index in [4.69, 9.17) is 10.5 Å². The maximum absolute atomic E-state index is 5.59. The van der Waals surface area contributed by atoms with E-state index in [0.29, 0.717) is 19.0 Å². The van der Waals surface area contributed by atoms with E-state index in [0.717, 1.165) is 17.5 Å². The van der Waals surface area contributed by atoms with Gasteiger partial charge in [0.1, 0.15) is 0 Å². The smallest absolute Gasteiger partial charge is 0.213 e. The van der Waals surface area contributed by atoms with Crippen molar-refractivity contribution in [2.75, 3.05) is 6.61 Å². The van der Waals surface area contributed by atoms with Crippen molar-refractivity contribution in [1.82, 2.24) is 4.98 Å². The third kappa shape index (κ3) is 3.57. The third-order valence-corrected chi connectivity index (χ3v) is 2.78. The molecule has 1 aromatic carbocycles. The Hall–Kier alpha value is -1.87. The minimum absolute atomic E-state index is 0.587. The highest BCUT2D eigenvalue weighted by Gasteiger charge is 1.97. The molecule has 2 rings (SSSR count). The highest BCUT2D eigenvalue weighted by Crippen LogP contribution is 2.08. The fourth-order valence-corrected chi connectivity index (χ4v) is 1.66. The molecule has 2 N–H and O–H groups in total. The van der Waals surface area contributed by atoms with E-state index in [1.165, 1.54) is 5.56 Å². The second kappa shape index (κ2) is 6.17. The second-order valence-corrected chi connectivity index (χ2v) is 4.29. The van der Waals surface area contributed by atoms with Crippen LogP contribution in [-0.4, -0.2) is 11.6 Å². The average molecular weight is 242 g/mol. The van der Waals surface area contributed by atoms with Crippen LogP contribution >= 0.6 is 0 Å². The van der Waals surface area contributed by atoms with Crippen molar-refractivity contribution in [1.29, 1.82) is 0 Å². The van der Waals surface area contributed by atoms with Gasteiger partial charge in [0, 0.05) is 25.2 Å². The minimum Gasteiger partial charge on any atom is -0.477 e. The molecule has 2 aromatic rings. The van der Waals surface area contributed by atoms with Gasteiger partial charge >= 0.3 is 0 Å². The van der Waals surface area contributed by atoms with Gasteiger partial charge < -0.3 is 10.5 Å². The molecule has 0 saturated heterocycles. The van der Waals surface area contributed by atoms with Gasteiger partial charge in [-0.05, 0) is 23.6 Å². The van der Waals surface area contributed by atoms with Crippen LogP contribution in [0, 0.1) is 6.92 Å². The maximum Gasteiger partial charge on any atom is 0.213 e. The molecule has 18 heavy (non-hydrogen) atoms. The van der Waals surface area contributed by atoms with Gasteiger partial charge in [0.2, 0.25) is 5.88 Å². The number of aryl methyl sites for hydroxylation is 1. The Labute approximate surface area is 108 Å². The quantitative estimate of drug-likeness (QED) is 0.876. The average Bonchev–Trinajstić information content (AvgIpc) is 2.42. The lowest BCUT2D eigenvalue weighted by Gasteiger charge is -2.06. The monoisotopic (exact) mass is 242 g/mol. The summed E-state index contributed by atoms with van der Waals surface area (Å²) in [4.78, 5) is 4.20. The van der Waals surface area contributed by atoms with Gasteiger partial charge in [-0.25, -0.2) is 4.98 Å². The van der Waals surface area contributed by atoms with E-state index < -0.39 is 0 Å². The summed E-state index contributed by atoms with van der Waals surface area (Å²) in [7, 11) is 0. The first-order valence-electron chi connectivity index (χ1n) is 6.11. The number of pyridine rings is 1. The summed E-state index contributed by atoms with van der Waals surface area (Å²) in [6.07, 6.45) is 2.69. The molecule has 0 atom stereocenters. The molecule has 0 aliphatic rings. The number of hydrogen-bond acceptors (Lipinski definition) is 3. The molecule has 3 nitrogen and oxygen atoms in total. The Morgan fingerprint density at radius 2 is 1.78 bits per heavy atom. The molecule has 1 heterocycles. The zero-order valence-electron chi connectivity index (χ0n) is 10.6. The van der Waals surface area contributed by atoms with Crippen LogP contribution < -0.4 is 10.5 Å². The molecule has 0 aliphatic carbocycles. The first kappa shape index (κ1) is 12.6. The van der Waals surface area contributed by atoms with Gasteiger partial charge in [-0.15, -0.1) is 0 Å². The fraction of sp³-hybridized carbons (Fsp3) is 0.267. The van der Waals surface area contributed by atoms with E-state index >= 15 is 0 Å². The highest BCUT2D eigenvalue weighted by atomic mass is 16.5. The number of ether oxygens (including phenoxy) is 1. The first-order chi connectivity index (χ1) is 8.78. The van der Waals surface area contributed by atoms with Gasteiger partial charge in [-0.1, -0.05) is 30.3 Å². The minimum atomic E-state index is 0.587. The number of nitrogens with zero attached hydrogens (tertiary/aromatic N) is 1. The Morgan fingerprint density at radius 3 is 2.39 bits per heavy atom. The maximum atomic E-state index is 5.59. The standard InChI is InChI=1S/C15H18N2O/c1-12-2-7-15(17-11-12)18-9-8-13-3-5-14(10-16)6-4-13/h2-7,11H,8-10,16H2,1H3. The molecule has 0 saturated carbocycles. The van der Waals surface area contributed by atoms with Gasteiger partial charge in [0.15, 0.2) is 0 Å². The van der Waals surface area contributed by atoms with Gasteiger partial charge in [0.25, 0.3) is 0 Å². The summed E-state index contributed by atoms with van der Waals surface area (Å²) in [5.41, 5.74) is 9.10. The van der Waals surface area contributed by atoms with Crippen LogP contribution in [0.5, 0.6) is 5.88 Å². The van der Waals surface area contributed by atoms with Gasteiger partial charge in [-0.2, -0.15) is 0 Å². The van der Waals surface area contributed by atoms with E-state index in [9.17, 15) is 0 Å². The number of rotatable bonds is 5. The van der Waals surface area contributed by atoms with E-state index in [1.807, 2.05) is 25.3 Å². The molecule has 0 spiro atoms. The summed E-state index contributed by atoms with van der Waals surface area (Å²) in [5.74, 6) is 0.680. The number of aromatic nitrogens is 1. The Kier molecular flexibility index (Phi) is 4.31. The summed E-state index contributed by atoms with van der Waals surface area (Å²) >= 11 is 0. The molecule has 94 valence electrons. The molecule has 0 amide bonds. The van der Waals surface area contributed by atoms with E-state index in [1.54, 1.807) is 0 Å². The zero-order chi connectivity index (χ0) is 12.8. The van der Waals surface area contributed by atoms with Gasteiger partial charge in [0.05, 0.1) is 6.61 Å². The van der Waals surface area contributed by atoms with Crippen molar-refractivity contribution in [2.45, 2.75) is 19.9 Å². The van der Waals surface area contributed by atoms with E-state index in [2.05, 4.69) is 29.2 Å². The lowest BCUT2D eigenvalue weighted by molar-refractivity contribution is 0.309.